The summed E-state index contributed by atoms with van der Waals surface area (Å²) in [6, 6.07) is -8.64. The second kappa shape index (κ2) is 21.4. The first-order valence-corrected chi connectivity index (χ1v) is 17.5. The van der Waals surface area contributed by atoms with Gasteiger partial charge in [0.2, 0.25) is 41.4 Å². The zero-order chi connectivity index (χ0) is 40.7. The maximum Gasteiger partial charge on any atom is 0.322 e. The van der Waals surface area contributed by atoms with Gasteiger partial charge in [-0.1, -0.05) is 0 Å². The van der Waals surface area contributed by atoms with E-state index in [-0.39, 0.29) is 19.4 Å². The van der Waals surface area contributed by atoms with Crippen LogP contribution in [0.5, 0.6) is 0 Å². The van der Waals surface area contributed by atoms with Crippen LogP contribution in [0.15, 0.2) is 0 Å². The van der Waals surface area contributed by atoms with E-state index in [0.717, 1.165) is 13.3 Å². The van der Waals surface area contributed by atoms with E-state index in [9.17, 15) is 53.1 Å². The quantitative estimate of drug-likeness (QED) is 0.0524. The summed E-state index contributed by atoms with van der Waals surface area (Å²) in [5, 5.41) is 54.1. The van der Waals surface area contributed by atoms with Crippen molar-refractivity contribution in [2.45, 2.75) is 121 Å². The van der Waals surface area contributed by atoms with Crippen molar-refractivity contribution in [1.29, 1.82) is 0 Å². The van der Waals surface area contributed by atoms with Gasteiger partial charge < -0.3 is 62.5 Å². The molecule has 2 fully saturated rings. The molecule has 22 heteroatoms. The number of carbonyl (C=O) groups excluding carboxylic acids is 7. The molecular weight excluding hydrogens is 720 g/mol. The van der Waals surface area contributed by atoms with Crippen molar-refractivity contribution in [3.63, 3.8) is 0 Å². The van der Waals surface area contributed by atoms with Crippen molar-refractivity contribution in [3.8, 4) is 0 Å². The molecule has 0 aromatic heterocycles. The first-order chi connectivity index (χ1) is 25.3. The van der Waals surface area contributed by atoms with Crippen molar-refractivity contribution in [2.75, 3.05) is 19.6 Å². The number of likely N-dealkylation sites (tertiary alicyclic amines) is 1. The molecule has 2 aliphatic heterocycles. The van der Waals surface area contributed by atoms with Crippen LogP contribution in [-0.4, -0.2) is 153 Å². The van der Waals surface area contributed by atoms with Crippen LogP contribution in [0.2, 0.25) is 0 Å². The number of amides is 7. The number of carboxylic acids is 3. The van der Waals surface area contributed by atoms with Gasteiger partial charge in [-0.25, -0.2) is 0 Å². The highest BCUT2D eigenvalue weighted by Gasteiger charge is 2.39. The zero-order valence-corrected chi connectivity index (χ0v) is 30.2. The molecule has 0 bridgehead atoms. The number of aliphatic carboxylic acids is 3. The average Bonchev–Trinajstić information content (AvgIpc) is 3.82. The Kier molecular flexibility index (Phi) is 17.7. The number of hydrogen-bond acceptors (Lipinski definition) is 12. The number of nitrogens with zero attached hydrogens (tertiary/aromatic N) is 1. The summed E-state index contributed by atoms with van der Waals surface area (Å²) in [6.07, 6.45) is -1.38. The second-order valence-corrected chi connectivity index (χ2v) is 13.1. The van der Waals surface area contributed by atoms with Crippen molar-refractivity contribution in [1.82, 2.24) is 42.1 Å². The summed E-state index contributed by atoms with van der Waals surface area (Å²) in [4.78, 5) is 125. The van der Waals surface area contributed by atoms with Gasteiger partial charge in [-0.15, -0.1) is 0 Å². The molecule has 7 amide bonds. The first-order valence-electron chi connectivity index (χ1n) is 17.5. The molecule has 0 aromatic rings. The smallest absolute Gasteiger partial charge is 0.322 e. The lowest BCUT2D eigenvalue weighted by Gasteiger charge is -2.29. The molecule has 0 spiro atoms. The number of aliphatic hydroxyl groups excluding tert-OH is 1. The van der Waals surface area contributed by atoms with Crippen LogP contribution in [0.1, 0.15) is 72.1 Å². The van der Waals surface area contributed by atoms with Gasteiger partial charge >= 0.3 is 17.9 Å². The molecule has 2 aliphatic rings. The van der Waals surface area contributed by atoms with E-state index in [0.29, 0.717) is 19.4 Å². The predicted molar refractivity (Wildman–Crippen MR) is 183 cm³/mol. The van der Waals surface area contributed by atoms with Crippen molar-refractivity contribution in [3.05, 3.63) is 0 Å². The lowest BCUT2D eigenvalue weighted by molar-refractivity contribution is -0.142. The fourth-order valence-electron chi connectivity index (χ4n) is 5.79. The van der Waals surface area contributed by atoms with Gasteiger partial charge in [-0.05, 0) is 65.8 Å². The van der Waals surface area contributed by atoms with Gasteiger partial charge in [-0.3, -0.25) is 47.9 Å². The van der Waals surface area contributed by atoms with Crippen molar-refractivity contribution >= 4 is 59.3 Å². The van der Waals surface area contributed by atoms with Crippen LogP contribution in [0.3, 0.4) is 0 Å². The first kappa shape index (κ1) is 44.8. The molecule has 0 unspecified atom stereocenters. The summed E-state index contributed by atoms with van der Waals surface area (Å²) in [5.41, 5.74) is 0. The molecule has 8 atom stereocenters. The van der Waals surface area contributed by atoms with Gasteiger partial charge in [0, 0.05) is 19.4 Å². The highest BCUT2D eigenvalue weighted by molar-refractivity contribution is 5.97. The van der Waals surface area contributed by atoms with Crippen LogP contribution in [0, 0.1) is 0 Å². The predicted octanol–water partition coefficient (Wildman–Crippen LogP) is -4.50. The summed E-state index contributed by atoms with van der Waals surface area (Å²) in [7, 11) is 0. The molecule has 11 N–H and O–H groups in total. The van der Waals surface area contributed by atoms with Gasteiger partial charge in [-0.2, -0.15) is 0 Å². The van der Waals surface area contributed by atoms with Crippen molar-refractivity contribution < 1.29 is 68.4 Å². The maximum atomic E-state index is 13.4. The molecule has 2 rings (SSSR count). The summed E-state index contributed by atoms with van der Waals surface area (Å²) in [5.74, 6) is -9.67. The SMILES string of the molecule is C[C@H](NC(=O)[C@@H]1CCCN1C(=O)[C@H](C)NC(=O)[C@H](CCC(=O)O)NC(=O)[C@@H]1CCCN1)C(=O)N[C@H](C(=O)N[C@@H](CCC(=O)O)C(=O)NCC(=O)O)[C@@H](C)O. The minimum absolute atomic E-state index is 0.123. The number of hydrogen-bond donors (Lipinski definition) is 11. The topological polar surface area (TPSA) is 339 Å². The van der Waals surface area contributed by atoms with E-state index in [1.54, 1.807) is 0 Å². The molecule has 22 nitrogen and oxygen atoms in total. The van der Waals surface area contributed by atoms with Crippen LogP contribution >= 0.6 is 0 Å². The molecule has 2 saturated heterocycles. The Morgan fingerprint density at radius 3 is 1.81 bits per heavy atom. The Bertz CT molecular complexity index is 1440. The zero-order valence-electron chi connectivity index (χ0n) is 30.2. The van der Waals surface area contributed by atoms with Gasteiger partial charge in [0.15, 0.2) is 0 Å². The van der Waals surface area contributed by atoms with Crippen LogP contribution < -0.4 is 37.2 Å². The van der Waals surface area contributed by atoms with E-state index in [4.69, 9.17) is 15.3 Å². The second-order valence-electron chi connectivity index (χ2n) is 13.1. The van der Waals surface area contributed by atoms with E-state index in [1.807, 2.05) is 5.32 Å². The van der Waals surface area contributed by atoms with Crippen LogP contribution in [0.4, 0.5) is 0 Å². The Morgan fingerprint density at radius 1 is 0.667 bits per heavy atom. The molecule has 0 radical (unpaired) electrons. The number of carbonyl (C=O) groups is 10. The third-order valence-electron chi connectivity index (χ3n) is 8.73. The van der Waals surface area contributed by atoms with Crippen LogP contribution in [-0.2, 0) is 47.9 Å². The van der Waals surface area contributed by atoms with E-state index in [2.05, 4.69) is 31.9 Å². The number of rotatable bonds is 21. The maximum absolute atomic E-state index is 13.4. The lowest BCUT2D eigenvalue weighted by Crippen LogP contribution is -2.60. The lowest BCUT2D eigenvalue weighted by atomic mass is 10.1. The van der Waals surface area contributed by atoms with Gasteiger partial charge in [0.1, 0.15) is 42.8 Å². The molecule has 0 aliphatic carbocycles. The monoisotopic (exact) mass is 770 g/mol. The summed E-state index contributed by atoms with van der Waals surface area (Å²) in [6.45, 7) is 3.68. The Labute approximate surface area is 309 Å². The Hall–Kier alpha value is -5.38. The Morgan fingerprint density at radius 2 is 1.28 bits per heavy atom. The molecule has 54 heavy (non-hydrogen) atoms. The number of aliphatic hydroxyl groups is 1. The highest BCUT2D eigenvalue weighted by atomic mass is 16.4. The van der Waals surface area contributed by atoms with E-state index >= 15 is 0 Å². The standard InChI is InChI=1S/C32H50N8O14/c1-15(26(48)39-25(17(3)41)31(53)38-19(8-10-22(42)43)27(49)34-14-24(46)47)35-30(52)21-7-5-13-40(21)32(54)16(2)36-29(51)20(9-11-23(44)45)37-28(50)18-6-4-12-33-18/h15-21,25,33,41H,4-14H2,1-3H3,(H,34,49)(H,35,52)(H,36,51)(H,37,50)(H,38,53)(H,39,48)(H,42,43)(H,44,45)(H,46,47)/t15-,16-,17+,18-,19-,20-,21-,25-/m0/s1. The number of carboxylic acid groups (broad SMARTS) is 3. The van der Waals surface area contributed by atoms with Crippen LogP contribution in [0.25, 0.3) is 0 Å². The third kappa shape index (κ3) is 14.2. The third-order valence-corrected chi connectivity index (χ3v) is 8.73. The average molecular weight is 771 g/mol. The molecule has 0 aromatic carbocycles. The fourth-order valence-corrected chi connectivity index (χ4v) is 5.79. The van der Waals surface area contributed by atoms with Crippen molar-refractivity contribution in [2.24, 2.45) is 0 Å². The Balaban J connectivity index is 2.04. The van der Waals surface area contributed by atoms with Gasteiger partial charge in [0.25, 0.3) is 0 Å². The molecule has 2 heterocycles. The highest BCUT2D eigenvalue weighted by Crippen LogP contribution is 2.19. The normalized spacial score (nSPS) is 19.8. The summed E-state index contributed by atoms with van der Waals surface area (Å²) >= 11 is 0. The largest absolute Gasteiger partial charge is 0.481 e. The molecule has 0 saturated carbocycles. The van der Waals surface area contributed by atoms with E-state index < -0.39 is 133 Å². The van der Waals surface area contributed by atoms with E-state index in [1.165, 1.54) is 18.7 Å². The van der Waals surface area contributed by atoms with Gasteiger partial charge in [0.05, 0.1) is 12.1 Å². The minimum atomic E-state index is -1.70. The fraction of sp³-hybridized carbons (Fsp3) is 0.688. The molecule has 302 valence electrons. The molecular formula is C32H50N8O14. The summed E-state index contributed by atoms with van der Waals surface area (Å²) < 4.78 is 0. The minimum Gasteiger partial charge on any atom is -0.481 e. The number of nitrogens with one attached hydrogen (secondary N) is 7.